The highest BCUT2D eigenvalue weighted by Gasteiger charge is 2.29. The number of ether oxygens (including phenoxy) is 3. The zero-order valence-electron chi connectivity index (χ0n) is 82.9. The van der Waals surface area contributed by atoms with Gasteiger partial charge in [-0.2, -0.15) is 0 Å². The van der Waals surface area contributed by atoms with Crippen molar-refractivity contribution in [3.63, 3.8) is 0 Å². The van der Waals surface area contributed by atoms with E-state index in [0.717, 1.165) is 161 Å². The maximum absolute atomic E-state index is 13.6. The molecule has 0 radical (unpaired) electrons. The molecule has 0 bridgehead atoms. The van der Waals surface area contributed by atoms with Crippen LogP contribution in [0, 0.1) is 0 Å². The van der Waals surface area contributed by atoms with Crippen LogP contribution in [0.25, 0.3) is 77.9 Å². The number of fused-ring (bicyclic) bond motifs is 5. The van der Waals surface area contributed by atoms with Crippen LogP contribution in [0.3, 0.4) is 0 Å². The van der Waals surface area contributed by atoms with E-state index in [9.17, 15) is 24.0 Å². The SMILES string of the molecule is CCCCN(Cc1nc2ccccc2n1-c1ccccc1)C(=O)c1cc(Cl)ccc1OC.CCCCN(Cc1nc2ccccc2n1-c1ccccc1)C(=O)c1ccc(OC)c(Cl)c1.CCCN(Cc1nc2ccccc2n1-c1ccccc1)C(=O)c1cccc(Br)c1.CCCn1c(CN(C)C(=O)c2cc(Cl)ccc2OC)nc2ccccc21.CN(Cc1nc2ccccc2n1-c1ccccc1)C(=O)c1cccc(Br)c1. The fourth-order valence-electron chi connectivity index (χ4n) is 17.4. The second-order valence-corrected chi connectivity index (χ2v) is 37.8. The highest BCUT2D eigenvalue weighted by molar-refractivity contribution is 9.10. The van der Waals surface area contributed by atoms with E-state index >= 15 is 0 Å². The summed E-state index contributed by atoms with van der Waals surface area (Å²) in [6.45, 7) is 13.3. The van der Waals surface area contributed by atoms with Crippen LogP contribution in [0.1, 0.15) is 147 Å². The number of hydrogen-bond acceptors (Lipinski definition) is 13. The third-order valence-electron chi connectivity index (χ3n) is 24.5. The Hall–Kier alpha value is -15.0. The monoisotopic (exact) mass is 2130 g/mol. The number of nitrogens with zero attached hydrogens (tertiary/aromatic N) is 15. The van der Waals surface area contributed by atoms with Gasteiger partial charge in [-0.3, -0.25) is 42.2 Å². The standard InChI is InChI=1S/2C26H26ClN3O2.C24H22BrN3O.C22H18BrN3O.C20H22ClN3O2/c1-3-4-16-29(26(31)21-17-19(27)14-15-24(21)32-2)18-25-28-22-12-8-9-13-23(22)30(25)20-10-6-5-7-11-20;1-3-4-16-29(26(31)19-14-15-24(32-2)21(27)17-19)18-25-28-22-12-8-9-13-23(22)30(25)20-10-6-5-7-11-20;1-2-15-27(24(29)18-9-8-10-19(25)16-18)17-23-26-21-13-6-7-14-22(21)28(23)20-11-4-3-5-12-20;1-25(22(27)16-8-7-9-17(23)14-16)15-21-24-19-12-5-6-13-20(19)26(21)18-10-3-2-4-11-18;1-4-11-24-17-8-6-5-7-16(17)22-19(24)13-23(2)20(25)15-12-14(21)9-10-18(15)26-3/h2*5-15,17H,3-4,16,18H2,1-2H3;3-14,16H,2,15,17H2,1H3;2-14H,15H2,1H3;5-10,12H,4,11,13H2,1-3H3. The van der Waals surface area contributed by atoms with Crippen molar-refractivity contribution >= 4 is 151 Å². The molecule has 0 unspecified atom stereocenters. The first-order valence-corrected chi connectivity index (χ1v) is 51.2. The summed E-state index contributed by atoms with van der Waals surface area (Å²) >= 11 is 25.4. The van der Waals surface area contributed by atoms with Crippen LogP contribution in [0.2, 0.25) is 15.1 Å². The van der Waals surface area contributed by atoms with E-state index in [0.29, 0.717) is 112 Å². The molecule has 19 rings (SSSR count). The van der Waals surface area contributed by atoms with Crippen molar-refractivity contribution in [1.29, 1.82) is 0 Å². The summed E-state index contributed by atoms with van der Waals surface area (Å²) in [5, 5.41) is 1.42. The minimum atomic E-state index is -0.153. The molecular weight excluding hydrogens is 2020 g/mol. The Bertz CT molecular complexity index is 7710. The molecule has 0 spiro atoms. The number of rotatable bonds is 32. The molecule has 19 aromatic rings. The summed E-state index contributed by atoms with van der Waals surface area (Å²) in [6.07, 6.45) is 5.63. The lowest BCUT2D eigenvalue weighted by atomic mass is 10.1. The molecule has 0 atom stereocenters. The average Bonchev–Trinajstić information content (AvgIpc) is 1.64. The van der Waals surface area contributed by atoms with Gasteiger partial charge in [-0.1, -0.05) is 253 Å². The summed E-state index contributed by atoms with van der Waals surface area (Å²) in [4.78, 5) is 99.1. The molecule has 744 valence electrons. The second-order valence-electron chi connectivity index (χ2n) is 34.7. The Kier molecular flexibility index (Phi) is 36.8. The van der Waals surface area contributed by atoms with Gasteiger partial charge in [0.15, 0.2) is 0 Å². The average molecular weight is 2140 g/mol. The molecule has 23 nitrogen and oxygen atoms in total. The number of para-hydroxylation sites is 14. The molecule has 28 heteroatoms. The lowest BCUT2D eigenvalue weighted by molar-refractivity contribution is 0.0726. The number of imidazole rings is 5. The Morgan fingerprint density at radius 3 is 0.979 bits per heavy atom. The molecule has 5 amide bonds. The molecule has 0 saturated carbocycles. The van der Waals surface area contributed by atoms with Crippen LogP contribution in [0.5, 0.6) is 17.2 Å². The van der Waals surface area contributed by atoms with Crippen LogP contribution >= 0.6 is 66.7 Å². The van der Waals surface area contributed by atoms with Gasteiger partial charge in [0.1, 0.15) is 46.4 Å². The van der Waals surface area contributed by atoms with Crippen LogP contribution in [-0.2, 0) is 39.3 Å². The number of benzene rings is 14. The summed E-state index contributed by atoms with van der Waals surface area (Å²) in [5.41, 5.74) is 16.6. The predicted octanol–water partition coefficient (Wildman–Crippen LogP) is 27.5. The molecule has 0 aliphatic rings. The number of carbonyl (C=O) groups is 5. The van der Waals surface area contributed by atoms with E-state index in [1.807, 2.05) is 239 Å². The first-order chi connectivity index (χ1) is 71.1. The number of unbranched alkanes of at least 4 members (excludes halogenated alkanes) is 2. The Morgan fingerprint density at radius 1 is 0.295 bits per heavy atom. The number of hydrogen-bond donors (Lipinski definition) is 0. The predicted molar refractivity (Wildman–Crippen MR) is 593 cm³/mol. The highest BCUT2D eigenvalue weighted by Crippen LogP contribution is 2.34. The molecule has 0 saturated heterocycles. The summed E-state index contributed by atoms with van der Waals surface area (Å²) in [7, 11) is 8.23. The molecule has 0 N–H and O–H groups in total. The number of methoxy groups -OCH3 is 3. The van der Waals surface area contributed by atoms with Gasteiger partial charge in [0.05, 0.1) is 125 Å². The summed E-state index contributed by atoms with van der Waals surface area (Å²) in [6, 6.07) is 111. The number of carbonyl (C=O) groups excluding carboxylic acids is 5. The Labute approximate surface area is 882 Å². The van der Waals surface area contributed by atoms with Gasteiger partial charge in [-0.05, 0) is 226 Å². The Morgan fingerprint density at radius 2 is 0.610 bits per heavy atom. The van der Waals surface area contributed by atoms with Crippen LogP contribution in [0.4, 0.5) is 0 Å². The molecule has 5 aromatic heterocycles. The Balaban J connectivity index is 0.000000137. The van der Waals surface area contributed by atoms with Gasteiger partial charge in [0.25, 0.3) is 29.5 Å². The third kappa shape index (κ3) is 25.7. The minimum Gasteiger partial charge on any atom is -0.496 e. The zero-order valence-corrected chi connectivity index (χ0v) is 88.3. The van der Waals surface area contributed by atoms with Crippen molar-refractivity contribution in [2.45, 2.75) is 105 Å². The topological polar surface area (TPSA) is 218 Å². The van der Waals surface area contributed by atoms with Crippen molar-refractivity contribution in [3.8, 4) is 40.0 Å². The maximum Gasteiger partial charge on any atom is 0.258 e. The van der Waals surface area contributed by atoms with Crippen molar-refractivity contribution in [2.24, 2.45) is 0 Å². The van der Waals surface area contributed by atoms with Gasteiger partial charge in [0.2, 0.25) is 0 Å². The lowest BCUT2D eigenvalue weighted by Gasteiger charge is -2.24. The van der Waals surface area contributed by atoms with E-state index < -0.39 is 0 Å². The minimum absolute atomic E-state index is 0.0137. The first-order valence-electron chi connectivity index (χ1n) is 48.5. The largest absolute Gasteiger partial charge is 0.496 e. The maximum atomic E-state index is 13.6. The van der Waals surface area contributed by atoms with E-state index in [4.69, 9.17) is 73.9 Å². The highest BCUT2D eigenvalue weighted by atomic mass is 79.9. The van der Waals surface area contributed by atoms with E-state index in [2.05, 4.69) is 149 Å². The van der Waals surface area contributed by atoms with Crippen LogP contribution < -0.4 is 14.2 Å². The van der Waals surface area contributed by atoms with Gasteiger partial charge in [0, 0.05) is 98.7 Å². The third-order valence-corrected chi connectivity index (χ3v) is 26.2. The molecule has 0 aliphatic carbocycles. The zero-order chi connectivity index (χ0) is 103. The number of amides is 5. The van der Waals surface area contributed by atoms with Crippen molar-refractivity contribution in [1.82, 2.24) is 72.3 Å². The summed E-state index contributed by atoms with van der Waals surface area (Å²) in [5.74, 6) is 5.37. The number of aryl methyl sites for hydroxylation is 1. The van der Waals surface area contributed by atoms with Gasteiger partial charge < -0.3 is 43.3 Å². The van der Waals surface area contributed by atoms with E-state index in [-0.39, 0.29) is 29.5 Å². The van der Waals surface area contributed by atoms with Crippen LogP contribution in [-0.4, -0.2) is 157 Å². The fourth-order valence-corrected chi connectivity index (χ4v) is 18.8. The van der Waals surface area contributed by atoms with Crippen molar-refractivity contribution in [2.75, 3.05) is 55.1 Å². The quantitative estimate of drug-likeness (QED) is 0.0384. The normalized spacial score (nSPS) is 10.9. The molecule has 0 aliphatic heterocycles. The van der Waals surface area contributed by atoms with Gasteiger partial charge >= 0.3 is 0 Å². The second kappa shape index (κ2) is 51.0. The lowest BCUT2D eigenvalue weighted by Crippen LogP contribution is -2.33. The molecule has 0 fully saturated rings. The van der Waals surface area contributed by atoms with Gasteiger partial charge in [-0.25, -0.2) is 24.9 Å². The van der Waals surface area contributed by atoms with Crippen molar-refractivity contribution in [3.05, 3.63) is 427 Å². The molecule has 146 heavy (non-hydrogen) atoms. The number of aromatic nitrogens is 10. The number of halogens is 5. The first kappa shape index (κ1) is 105. The molecular formula is C118H114Br2Cl3N15O8. The van der Waals surface area contributed by atoms with Gasteiger partial charge in [-0.15, -0.1) is 0 Å². The van der Waals surface area contributed by atoms with Crippen LogP contribution in [0.15, 0.2) is 355 Å². The summed E-state index contributed by atoms with van der Waals surface area (Å²) < 4.78 is 28.4. The fraction of sp³-hybridized carbons (Fsp3) is 0.203. The van der Waals surface area contributed by atoms with E-state index in [1.54, 1.807) is 99.8 Å². The molecule has 14 aromatic carbocycles. The molecule has 5 heterocycles. The smallest absolute Gasteiger partial charge is 0.258 e. The van der Waals surface area contributed by atoms with Crippen molar-refractivity contribution < 1.29 is 38.2 Å². The van der Waals surface area contributed by atoms with E-state index in [1.165, 1.54) is 0 Å².